The fourth-order valence-electron chi connectivity index (χ4n) is 2.60. The normalized spacial score (nSPS) is 20.9. The molecule has 0 N–H and O–H groups in total. The number of hydrogen-bond donors (Lipinski definition) is 0. The molecule has 1 aromatic rings. The van der Waals surface area contributed by atoms with Crippen LogP contribution in [0.3, 0.4) is 0 Å². The minimum atomic E-state index is -0.875. The van der Waals surface area contributed by atoms with Gasteiger partial charge in [-0.1, -0.05) is 30.3 Å². The summed E-state index contributed by atoms with van der Waals surface area (Å²) < 4.78 is 13.2. The summed E-state index contributed by atoms with van der Waals surface area (Å²) in [7, 11) is 0. The van der Waals surface area contributed by atoms with Crippen molar-refractivity contribution in [2.24, 2.45) is 0 Å². The molecule has 2 rings (SSSR count). The largest absolute Gasteiger partial charge is 0.271 e. The standard InChI is InChI=1S/C15H20FN2O2/c16-14-9-11-17(15(12-14)18(19)20)10-5-4-8-13-6-2-1-3-7-13/h1-3,6-7,15H,4-5,8-12H2. The molecule has 0 amide bonds. The predicted molar refractivity (Wildman–Crippen MR) is 75.3 cm³/mol. The van der Waals surface area contributed by atoms with Crippen LogP contribution in [0.1, 0.15) is 31.2 Å². The third kappa shape index (κ3) is 4.27. The molecule has 1 radical (unpaired) electrons. The first-order valence-corrected chi connectivity index (χ1v) is 7.08. The summed E-state index contributed by atoms with van der Waals surface area (Å²) in [6.45, 7) is 1.13. The fourth-order valence-corrected chi connectivity index (χ4v) is 2.60. The third-order valence-electron chi connectivity index (χ3n) is 3.74. The van der Waals surface area contributed by atoms with Crippen LogP contribution < -0.4 is 0 Å². The van der Waals surface area contributed by atoms with Crippen molar-refractivity contribution in [3.8, 4) is 0 Å². The second kappa shape index (κ2) is 7.33. The van der Waals surface area contributed by atoms with Crippen molar-refractivity contribution in [2.45, 2.75) is 38.3 Å². The molecule has 0 spiro atoms. The second-order valence-corrected chi connectivity index (χ2v) is 5.22. The van der Waals surface area contributed by atoms with E-state index in [1.165, 1.54) is 5.56 Å². The second-order valence-electron chi connectivity index (χ2n) is 5.22. The Hall–Kier alpha value is -1.49. The summed E-state index contributed by atoms with van der Waals surface area (Å²) in [6, 6.07) is 10.2. The van der Waals surface area contributed by atoms with E-state index in [4.69, 9.17) is 0 Å². The zero-order valence-corrected chi connectivity index (χ0v) is 11.5. The molecule has 4 nitrogen and oxygen atoms in total. The molecule has 1 atom stereocenters. The molecule has 0 bridgehead atoms. The predicted octanol–water partition coefficient (Wildman–Crippen LogP) is 3.21. The lowest BCUT2D eigenvalue weighted by molar-refractivity contribution is -0.553. The van der Waals surface area contributed by atoms with Crippen LogP contribution >= 0.6 is 0 Å². The van der Waals surface area contributed by atoms with Gasteiger partial charge in [-0.3, -0.25) is 10.1 Å². The third-order valence-corrected chi connectivity index (χ3v) is 3.74. The Balaban J connectivity index is 1.74. The first-order valence-electron chi connectivity index (χ1n) is 7.08. The lowest BCUT2D eigenvalue weighted by Crippen LogP contribution is -2.46. The number of benzene rings is 1. The van der Waals surface area contributed by atoms with Gasteiger partial charge in [-0.25, -0.2) is 9.29 Å². The van der Waals surface area contributed by atoms with Crippen molar-refractivity contribution in [2.75, 3.05) is 13.1 Å². The number of nitro groups is 1. The molecule has 1 aromatic carbocycles. The number of piperidine rings is 1. The van der Waals surface area contributed by atoms with E-state index in [-0.39, 0.29) is 17.5 Å². The SMILES string of the molecule is O=[N+]([O-])C1C[C](F)CCN1CCCCc1ccccc1. The van der Waals surface area contributed by atoms with Gasteiger partial charge in [0.25, 0.3) is 6.17 Å². The fraction of sp³-hybridized carbons (Fsp3) is 0.533. The van der Waals surface area contributed by atoms with Crippen molar-refractivity contribution in [3.63, 3.8) is 0 Å². The van der Waals surface area contributed by atoms with Gasteiger partial charge in [0.1, 0.15) is 0 Å². The molecule has 0 aliphatic carbocycles. The van der Waals surface area contributed by atoms with Crippen LogP contribution in [0.4, 0.5) is 4.39 Å². The average Bonchev–Trinajstić information content (AvgIpc) is 2.45. The van der Waals surface area contributed by atoms with E-state index >= 15 is 0 Å². The van der Waals surface area contributed by atoms with Gasteiger partial charge in [0.2, 0.25) is 0 Å². The van der Waals surface area contributed by atoms with E-state index in [0.717, 1.165) is 19.3 Å². The summed E-state index contributed by atoms with van der Waals surface area (Å²) in [4.78, 5) is 12.4. The van der Waals surface area contributed by atoms with Crippen LogP contribution in [0.15, 0.2) is 30.3 Å². The smallest absolute Gasteiger partial charge is 0.263 e. The molecular formula is C15H20FN2O2. The maximum Gasteiger partial charge on any atom is 0.271 e. The Bertz CT molecular complexity index is 427. The van der Waals surface area contributed by atoms with Gasteiger partial charge in [-0.05, 0) is 31.2 Å². The molecule has 20 heavy (non-hydrogen) atoms. The average molecular weight is 279 g/mol. The van der Waals surface area contributed by atoms with Gasteiger partial charge in [0.05, 0.1) is 6.42 Å². The molecular weight excluding hydrogens is 259 g/mol. The number of hydrogen-bond acceptors (Lipinski definition) is 3. The number of aryl methyl sites for hydroxylation is 1. The van der Waals surface area contributed by atoms with Crippen LogP contribution in [0.25, 0.3) is 0 Å². The number of likely N-dealkylation sites (tertiary alicyclic amines) is 1. The van der Waals surface area contributed by atoms with Gasteiger partial charge < -0.3 is 0 Å². The molecule has 109 valence electrons. The lowest BCUT2D eigenvalue weighted by atomic mass is 10.0. The van der Waals surface area contributed by atoms with Crippen molar-refractivity contribution in [3.05, 3.63) is 52.2 Å². The Morgan fingerprint density at radius 1 is 1.30 bits per heavy atom. The van der Waals surface area contributed by atoms with Crippen molar-refractivity contribution >= 4 is 0 Å². The van der Waals surface area contributed by atoms with Crippen LogP contribution in [0.5, 0.6) is 0 Å². The van der Waals surface area contributed by atoms with E-state index in [2.05, 4.69) is 12.1 Å². The molecule has 1 aliphatic heterocycles. The Morgan fingerprint density at radius 3 is 2.75 bits per heavy atom. The van der Waals surface area contributed by atoms with Crippen molar-refractivity contribution < 1.29 is 9.31 Å². The lowest BCUT2D eigenvalue weighted by Gasteiger charge is -2.30. The van der Waals surface area contributed by atoms with Crippen LogP contribution in [0.2, 0.25) is 0 Å². The summed E-state index contributed by atoms with van der Waals surface area (Å²) in [6.07, 6.45) is 2.05. The molecule has 1 saturated heterocycles. The van der Waals surface area contributed by atoms with Gasteiger partial charge >= 0.3 is 0 Å². The van der Waals surface area contributed by atoms with E-state index in [9.17, 15) is 14.5 Å². The van der Waals surface area contributed by atoms with Crippen LogP contribution in [-0.2, 0) is 6.42 Å². The highest BCUT2D eigenvalue weighted by Crippen LogP contribution is 2.26. The molecule has 0 saturated carbocycles. The summed E-state index contributed by atoms with van der Waals surface area (Å²) in [5.74, 6) is 0. The highest BCUT2D eigenvalue weighted by atomic mass is 19.1. The zero-order valence-electron chi connectivity index (χ0n) is 11.5. The molecule has 1 heterocycles. The zero-order chi connectivity index (χ0) is 14.4. The number of halogens is 1. The molecule has 0 aromatic heterocycles. The summed E-state index contributed by atoms with van der Waals surface area (Å²) in [5, 5.41) is 10.9. The number of rotatable bonds is 6. The number of nitrogens with zero attached hydrogens (tertiary/aromatic N) is 2. The van der Waals surface area contributed by atoms with E-state index in [0.29, 0.717) is 19.5 Å². The highest BCUT2D eigenvalue weighted by Gasteiger charge is 2.36. The van der Waals surface area contributed by atoms with E-state index < -0.39 is 6.17 Å². The minimum absolute atomic E-state index is 0.0499. The van der Waals surface area contributed by atoms with Gasteiger partial charge in [-0.2, -0.15) is 0 Å². The van der Waals surface area contributed by atoms with Gasteiger partial charge in [0.15, 0.2) is 6.17 Å². The Morgan fingerprint density at radius 2 is 2.05 bits per heavy atom. The molecule has 1 unspecified atom stereocenters. The molecule has 1 aliphatic rings. The quantitative estimate of drug-likeness (QED) is 0.456. The molecule has 1 fully saturated rings. The number of unbranched alkanes of at least 4 members (excludes halogenated alkanes) is 1. The maximum absolute atomic E-state index is 13.2. The Labute approximate surface area is 118 Å². The van der Waals surface area contributed by atoms with Crippen molar-refractivity contribution in [1.82, 2.24) is 4.90 Å². The Kier molecular flexibility index (Phi) is 5.47. The van der Waals surface area contributed by atoms with Gasteiger partial charge in [0, 0.05) is 18.0 Å². The van der Waals surface area contributed by atoms with Crippen molar-refractivity contribution in [1.29, 1.82) is 0 Å². The van der Waals surface area contributed by atoms with Crippen LogP contribution in [-0.4, -0.2) is 29.1 Å². The topological polar surface area (TPSA) is 46.4 Å². The molecule has 5 heteroatoms. The first kappa shape index (κ1) is 14.9. The summed E-state index contributed by atoms with van der Waals surface area (Å²) >= 11 is 0. The summed E-state index contributed by atoms with van der Waals surface area (Å²) in [5.41, 5.74) is 1.29. The first-order chi connectivity index (χ1) is 9.66. The van der Waals surface area contributed by atoms with E-state index in [1.54, 1.807) is 4.90 Å². The highest BCUT2D eigenvalue weighted by molar-refractivity contribution is 5.14. The maximum atomic E-state index is 13.2. The monoisotopic (exact) mass is 279 g/mol. The minimum Gasteiger partial charge on any atom is -0.263 e. The van der Waals surface area contributed by atoms with Crippen LogP contribution in [0, 0.1) is 16.3 Å². The van der Waals surface area contributed by atoms with E-state index in [1.807, 2.05) is 18.2 Å². The van der Waals surface area contributed by atoms with Gasteiger partial charge in [-0.15, -0.1) is 0 Å².